The lowest BCUT2D eigenvalue weighted by Crippen LogP contribution is -2.38. The minimum Gasteiger partial charge on any atom is -0.494 e. The highest BCUT2D eigenvalue weighted by Gasteiger charge is 2.38. The van der Waals surface area contributed by atoms with Crippen molar-refractivity contribution in [3.8, 4) is 5.75 Å². The van der Waals surface area contributed by atoms with Gasteiger partial charge < -0.3 is 15.6 Å². The van der Waals surface area contributed by atoms with E-state index in [2.05, 4.69) is 4.74 Å². The van der Waals surface area contributed by atoms with Crippen LogP contribution in [0.3, 0.4) is 0 Å². The van der Waals surface area contributed by atoms with Crippen LogP contribution in [-0.2, 0) is 0 Å². The van der Waals surface area contributed by atoms with Crippen LogP contribution >= 0.6 is 12.4 Å². The van der Waals surface area contributed by atoms with Gasteiger partial charge in [-0.05, 0) is 17.7 Å². The van der Waals surface area contributed by atoms with E-state index < -0.39 is 30.6 Å². The summed E-state index contributed by atoms with van der Waals surface area (Å²) in [6, 6.07) is 1.28. The summed E-state index contributed by atoms with van der Waals surface area (Å²) >= 11 is 0. The molecule has 0 heterocycles. The molecule has 1 aromatic rings. The monoisotopic (exact) mass is 303 g/mol. The van der Waals surface area contributed by atoms with Crippen molar-refractivity contribution in [1.82, 2.24) is 0 Å². The zero-order valence-electron chi connectivity index (χ0n) is 9.95. The maximum absolute atomic E-state index is 13.3. The average Bonchev–Trinajstić information content (AvgIpc) is 2.27. The molecule has 110 valence electrons. The van der Waals surface area contributed by atoms with Gasteiger partial charge in [-0.3, -0.25) is 0 Å². The average molecular weight is 304 g/mol. The van der Waals surface area contributed by atoms with E-state index in [1.54, 1.807) is 0 Å². The van der Waals surface area contributed by atoms with Crippen LogP contribution in [0.1, 0.15) is 18.1 Å². The molecular weight excluding hydrogens is 290 g/mol. The summed E-state index contributed by atoms with van der Waals surface area (Å²) in [5, 5.41) is 9.55. The van der Waals surface area contributed by atoms with E-state index in [0.29, 0.717) is 0 Å². The Morgan fingerprint density at radius 3 is 2.37 bits per heavy atom. The fraction of sp³-hybridized carbons (Fsp3) is 0.455. The lowest BCUT2D eigenvalue weighted by Gasteiger charge is -2.19. The van der Waals surface area contributed by atoms with Gasteiger partial charge in [0, 0.05) is 6.42 Å². The van der Waals surface area contributed by atoms with Crippen LogP contribution in [0.4, 0.5) is 17.6 Å². The maximum atomic E-state index is 13.3. The second kappa shape index (κ2) is 6.93. The molecule has 0 amide bonds. The summed E-state index contributed by atoms with van der Waals surface area (Å²) in [4.78, 5) is 0. The highest BCUT2D eigenvalue weighted by Crippen LogP contribution is 2.28. The van der Waals surface area contributed by atoms with E-state index in [-0.39, 0.29) is 23.7 Å². The SMILES string of the molecule is COc1ccc([C@@H](O)C[C@@H](N)C(F)(F)F)cc1F.Cl. The molecular formula is C11H14ClF4NO2. The van der Waals surface area contributed by atoms with Crippen LogP contribution < -0.4 is 10.5 Å². The number of hydrogen-bond acceptors (Lipinski definition) is 3. The predicted octanol–water partition coefficient (Wildman–Crippen LogP) is 2.57. The summed E-state index contributed by atoms with van der Waals surface area (Å²) in [5.74, 6) is -0.805. The molecule has 0 saturated heterocycles. The number of ether oxygens (including phenoxy) is 1. The van der Waals surface area contributed by atoms with Gasteiger partial charge in [-0.15, -0.1) is 12.4 Å². The van der Waals surface area contributed by atoms with Gasteiger partial charge >= 0.3 is 6.18 Å². The summed E-state index contributed by atoms with van der Waals surface area (Å²) < 4.78 is 54.5. The van der Waals surface area contributed by atoms with E-state index in [1.807, 2.05) is 0 Å². The molecule has 19 heavy (non-hydrogen) atoms. The first-order chi connectivity index (χ1) is 8.25. The van der Waals surface area contributed by atoms with Crippen molar-refractivity contribution >= 4 is 12.4 Å². The molecule has 1 aromatic carbocycles. The Balaban J connectivity index is 0.00000324. The topological polar surface area (TPSA) is 55.5 Å². The standard InChI is InChI=1S/C11H13F4NO2.ClH/c1-18-9-3-2-6(4-7(9)12)8(17)5-10(16)11(13,14)15;/h2-4,8,10,17H,5,16H2,1H3;1H/t8-,10+;/m0./s1. The van der Waals surface area contributed by atoms with Crippen LogP contribution in [0.25, 0.3) is 0 Å². The number of halogens is 5. The van der Waals surface area contributed by atoms with Gasteiger partial charge in [0.2, 0.25) is 0 Å². The summed E-state index contributed by atoms with van der Waals surface area (Å²) in [5.41, 5.74) is 4.90. The Labute approximate surface area is 113 Å². The quantitative estimate of drug-likeness (QED) is 0.841. The number of rotatable bonds is 4. The van der Waals surface area contributed by atoms with Crippen LogP contribution in [-0.4, -0.2) is 24.4 Å². The number of aliphatic hydroxyl groups excluding tert-OH is 1. The Morgan fingerprint density at radius 2 is 1.95 bits per heavy atom. The highest BCUT2D eigenvalue weighted by atomic mass is 35.5. The van der Waals surface area contributed by atoms with Crippen LogP contribution in [0.5, 0.6) is 5.75 Å². The molecule has 0 unspecified atom stereocenters. The Bertz CT molecular complexity index is 414. The molecule has 0 aromatic heterocycles. The maximum Gasteiger partial charge on any atom is 0.403 e. The van der Waals surface area contributed by atoms with Crippen molar-refractivity contribution in [2.24, 2.45) is 5.73 Å². The number of aliphatic hydroxyl groups is 1. The third-order valence-electron chi connectivity index (χ3n) is 2.46. The Hall–Kier alpha value is -1.05. The van der Waals surface area contributed by atoms with Crippen LogP contribution in [0.2, 0.25) is 0 Å². The van der Waals surface area contributed by atoms with E-state index in [1.165, 1.54) is 19.2 Å². The fourth-order valence-corrected chi connectivity index (χ4v) is 1.40. The first kappa shape index (κ1) is 17.9. The second-order valence-electron chi connectivity index (χ2n) is 3.79. The molecule has 3 nitrogen and oxygen atoms in total. The number of methoxy groups -OCH3 is 1. The Kier molecular flexibility index (Phi) is 6.54. The van der Waals surface area contributed by atoms with Crippen LogP contribution in [0, 0.1) is 5.82 Å². The van der Waals surface area contributed by atoms with Gasteiger partial charge in [0.25, 0.3) is 0 Å². The van der Waals surface area contributed by atoms with Crippen LogP contribution in [0.15, 0.2) is 18.2 Å². The first-order valence-corrected chi connectivity index (χ1v) is 5.09. The summed E-state index contributed by atoms with van der Waals surface area (Å²) in [6.07, 6.45) is -6.80. The van der Waals surface area contributed by atoms with Crippen molar-refractivity contribution in [2.75, 3.05) is 7.11 Å². The van der Waals surface area contributed by atoms with E-state index >= 15 is 0 Å². The molecule has 1 rings (SSSR count). The molecule has 0 radical (unpaired) electrons. The Morgan fingerprint density at radius 1 is 1.37 bits per heavy atom. The smallest absolute Gasteiger partial charge is 0.403 e. The minimum atomic E-state index is -4.59. The molecule has 0 aliphatic rings. The molecule has 0 aliphatic carbocycles. The number of nitrogens with two attached hydrogens (primary N) is 1. The largest absolute Gasteiger partial charge is 0.494 e. The first-order valence-electron chi connectivity index (χ1n) is 5.09. The second-order valence-corrected chi connectivity index (χ2v) is 3.79. The molecule has 0 aliphatic heterocycles. The molecule has 0 fully saturated rings. The normalized spacial score (nSPS) is 14.5. The molecule has 8 heteroatoms. The number of alkyl halides is 3. The molecule has 0 bridgehead atoms. The number of hydrogen-bond donors (Lipinski definition) is 2. The van der Waals surface area contributed by atoms with E-state index in [9.17, 15) is 22.7 Å². The lowest BCUT2D eigenvalue weighted by atomic mass is 10.0. The van der Waals surface area contributed by atoms with Crippen molar-refractivity contribution < 1.29 is 27.4 Å². The lowest BCUT2D eigenvalue weighted by molar-refractivity contribution is -0.153. The van der Waals surface area contributed by atoms with Crippen molar-refractivity contribution in [3.63, 3.8) is 0 Å². The molecule has 3 N–H and O–H groups in total. The van der Waals surface area contributed by atoms with Gasteiger partial charge in [0.1, 0.15) is 6.04 Å². The molecule has 2 atom stereocenters. The van der Waals surface area contributed by atoms with Gasteiger partial charge in [-0.2, -0.15) is 13.2 Å². The van der Waals surface area contributed by atoms with Gasteiger partial charge in [-0.1, -0.05) is 6.07 Å². The van der Waals surface area contributed by atoms with Gasteiger partial charge in [0.05, 0.1) is 13.2 Å². The zero-order valence-corrected chi connectivity index (χ0v) is 10.8. The zero-order chi connectivity index (χ0) is 13.9. The number of benzene rings is 1. The highest BCUT2D eigenvalue weighted by molar-refractivity contribution is 5.85. The van der Waals surface area contributed by atoms with E-state index in [0.717, 1.165) is 6.07 Å². The molecule has 0 spiro atoms. The van der Waals surface area contributed by atoms with Crippen molar-refractivity contribution in [2.45, 2.75) is 24.7 Å². The minimum absolute atomic E-state index is 0. The molecule has 0 saturated carbocycles. The third kappa shape index (κ3) is 4.85. The summed E-state index contributed by atoms with van der Waals surface area (Å²) in [6.45, 7) is 0. The summed E-state index contributed by atoms with van der Waals surface area (Å²) in [7, 11) is 1.26. The van der Waals surface area contributed by atoms with Gasteiger partial charge in [0.15, 0.2) is 11.6 Å². The fourth-order valence-electron chi connectivity index (χ4n) is 1.40. The van der Waals surface area contributed by atoms with E-state index in [4.69, 9.17) is 5.73 Å². The third-order valence-corrected chi connectivity index (χ3v) is 2.46. The predicted molar refractivity (Wildman–Crippen MR) is 63.8 cm³/mol. The van der Waals surface area contributed by atoms with Gasteiger partial charge in [-0.25, -0.2) is 4.39 Å². The van der Waals surface area contributed by atoms with Crippen molar-refractivity contribution in [3.05, 3.63) is 29.6 Å². The van der Waals surface area contributed by atoms with Crippen molar-refractivity contribution in [1.29, 1.82) is 0 Å².